The maximum Gasteiger partial charge on any atom is 0.344 e. The molecule has 1 saturated heterocycles. The molecular weight excluding hydrogens is 433 g/mol. The summed E-state index contributed by atoms with van der Waals surface area (Å²) < 4.78 is 14.3. The van der Waals surface area contributed by atoms with Crippen LogP contribution in [-0.2, 0) is 11.2 Å². The van der Waals surface area contributed by atoms with E-state index in [4.69, 9.17) is 0 Å². The van der Waals surface area contributed by atoms with E-state index in [-0.39, 0.29) is 5.69 Å². The Labute approximate surface area is 168 Å². The van der Waals surface area contributed by atoms with E-state index in [2.05, 4.69) is 37.0 Å². The Morgan fingerprint density at radius 2 is 2.00 bits per heavy atom. The Kier molecular flexibility index (Phi) is 5.59. The molecule has 1 aliphatic heterocycles. The van der Waals surface area contributed by atoms with Crippen LogP contribution in [-0.4, -0.2) is 33.5 Å². The van der Waals surface area contributed by atoms with Crippen molar-refractivity contribution in [1.82, 2.24) is 20.7 Å². The molecule has 1 aromatic carbocycles. The zero-order chi connectivity index (χ0) is 20.3. The van der Waals surface area contributed by atoms with Gasteiger partial charge in [0.15, 0.2) is 0 Å². The van der Waals surface area contributed by atoms with Crippen molar-refractivity contribution in [3.63, 3.8) is 0 Å². The number of carbonyl (C=O) groups is 3. The van der Waals surface area contributed by atoms with E-state index in [1.54, 1.807) is 25.4 Å². The molecule has 5 amide bonds. The summed E-state index contributed by atoms with van der Waals surface area (Å²) in [6.45, 7) is 1.59. The van der Waals surface area contributed by atoms with Crippen molar-refractivity contribution in [2.45, 2.75) is 25.3 Å². The molecule has 2 aromatic rings. The molecule has 0 radical (unpaired) electrons. The van der Waals surface area contributed by atoms with Gasteiger partial charge in [0.2, 0.25) is 0 Å². The molecule has 0 unspecified atom stereocenters. The van der Waals surface area contributed by atoms with E-state index in [1.807, 2.05) is 12.1 Å². The van der Waals surface area contributed by atoms with Gasteiger partial charge in [-0.2, -0.15) is 5.01 Å². The summed E-state index contributed by atoms with van der Waals surface area (Å²) in [5, 5.41) is 5.45. The van der Waals surface area contributed by atoms with Gasteiger partial charge >= 0.3 is 12.1 Å². The van der Waals surface area contributed by atoms with Gasteiger partial charge in [-0.25, -0.2) is 19.4 Å². The van der Waals surface area contributed by atoms with Gasteiger partial charge in [0, 0.05) is 16.9 Å². The Morgan fingerprint density at radius 3 is 2.68 bits per heavy atom. The van der Waals surface area contributed by atoms with Crippen molar-refractivity contribution < 1.29 is 18.8 Å². The van der Waals surface area contributed by atoms with E-state index in [9.17, 15) is 18.8 Å². The molecule has 1 aliphatic rings. The number of anilines is 1. The molecule has 146 valence electrons. The van der Waals surface area contributed by atoms with Crippen molar-refractivity contribution in [2.75, 3.05) is 5.32 Å². The number of halogens is 2. The monoisotopic (exact) mass is 449 g/mol. The number of aryl methyl sites for hydroxylation is 1. The summed E-state index contributed by atoms with van der Waals surface area (Å²) in [6, 6.07) is 6.05. The number of nitrogens with zero attached hydrogens (tertiary/aromatic N) is 2. The summed E-state index contributed by atoms with van der Waals surface area (Å²) in [5.74, 6) is -1.26. The van der Waals surface area contributed by atoms with Crippen molar-refractivity contribution in [3.8, 4) is 0 Å². The molecule has 10 heteroatoms. The van der Waals surface area contributed by atoms with Crippen molar-refractivity contribution in [1.29, 1.82) is 0 Å². The summed E-state index contributed by atoms with van der Waals surface area (Å²) in [6.07, 6.45) is 4.16. The van der Waals surface area contributed by atoms with Crippen LogP contribution in [0.4, 0.5) is 19.7 Å². The van der Waals surface area contributed by atoms with Gasteiger partial charge in [0.25, 0.3) is 5.91 Å². The number of hydrogen-bond acceptors (Lipinski definition) is 4. The van der Waals surface area contributed by atoms with Crippen LogP contribution in [0.15, 0.2) is 47.2 Å². The molecule has 8 nitrogen and oxygen atoms in total. The van der Waals surface area contributed by atoms with E-state index in [0.717, 1.165) is 5.56 Å². The molecule has 3 N–H and O–H groups in total. The molecule has 2 heterocycles. The smallest absolute Gasteiger partial charge is 0.322 e. The Balaban J connectivity index is 1.63. The second kappa shape index (κ2) is 7.93. The molecule has 0 aliphatic carbocycles. The fraction of sp³-hybridized carbons (Fsp3) is 0.222. The van der Waals surface area contributed by atoms with Crippen LogP contribution in [0.2, 0.25) is 0 Å². The lowest BCUT2D eigenvalue weighted by Crippen LogP contribution is -2.50. The summed E-state index contributed by atoms with van der Waals surface area (Å²) in [4.78, 5) is 40.9. The minimum absolute atomic E-state index is 0.0896. The normalized spacial score (nSPS) is 18.8. The number of urea groups is 2. The zero-order valence-electron chi connectivity index (χ0n) is 14.8. The SMILES string of the molecule is C[C@@]1(CCc2ccncc2)NC(=O)N(NC(=O)Nc2ccc(Br)cc2F)C1=O. The first kappa shape index (κ1) is 19.7. The molecule has 0 spiro atoms. The van der Waals surface area contributed by atoms with Gasteiger partial charge in [-0.15, -0.1) is 0 Å². The Morgan fingerprint density at radius 1 is 1.29 bits per heavy atom. The summed E-state index contributed by atoms with van der Waals surface area (Å²) in [7, 11) is 0. The highest BCUT2D eigenvalue weighted by atomic mass is 79.9. The number of nitrogens with one attached hydrogen (secondary N) is 3. The number of carbonyl (C=O) groups excluding carboxylic acids is 3. The molecule has 28 heavy (non-hydrogen) atoms. The van der Waals surface area contributed by atoms with E-state index >= 15 is 0 Å². The topological polar surface area (TPSA) is 103 Å². The minimum Gasteiger partial charge on any atom is -0.322 e. The highest BCUT2D eigenvalue weighted by Crippen LogP contribution is 2.23. The average Bonchev–Trinajstić information content (AvgIpc) is 2.87. The third-order valence-corrected chi connectivity index (χ3v) is 4.81. The first-order chi connectivity index (χ1) is 13.3. The lowest BCUT2D eigenvalue weighted by atomic mass is 9.94. The lowest BCUT2D eigenvalue weighted by Gasteiger charge is -2.21. The average molecular weight is 450 g/mol. The highest BCUT2D eigenvalue weighted by molar-refractivity contribution is 9.10. The van der Waals surface area contributed by atoms with E-state index < -0.39 is 29.3 Å². The molecule has 0 saturated carbocycles. The van der Waals surface area contributed by atoms with Crippen LogP contribution in [0, 0.1) is 5.82 Å². The Hall–Kier alpha value is -3.01. The molecular formula is C18H17BrFN5O3. The number of hydrazine groups is 1. The van der Waals surface area contributed by atoms with Crippen LogP contribution >= 0.6 is 15.9 Å². The molecule has 1 aromatic heterocycles. The predicted molar refractivity (Wildman–Crippen MR) is 103 cm³/mol. The summed E-state index contributed by atoms with van der Waals surface area (Å²) in [5.41, 5.74) is 1.86. The molecule has 3 rings (SSSR count). The van der Waals surface area contributed by atoms with Crippen LogP contribution in [0.1, 0.15) is 18.9 Å². The maximum absolute atomic E-state index is 13.8. The minimum atomic E-state index is -1.17. The zero-order valence-corrected chi connectivity index (χ0v) is 16.4. The van der Waals surface area contributed by atoms with E-state index in [1.165, 1.54) is 12.1 Å². The van der Waals surface area contributed by atoms with Crippen LogP contribution in [0.3, 0.4) is 0 Å². The molecule has 1 fully saturated rings. The quantitative estimate of drug-likeness (QED) is 0.610. The number of amides is 5. The predicted octanol–water partition coefficient (Wildman–Crippen LogP) is 2.96. The van der Waals surface area contributed by atoms with Crippen molar-refractivity contribution in [3.05, 3.63) is 58.6 Å². The molecule has 1 atom stereocenters. The largest absolute Gasteiger partial charge is 0.344 e. The number of imide groups is 1. The van der Waals surface area contributed by atoms with Gasteiger partial charge in [-0.1, -0.05) is 15.9 Å². The first-order valence-corrected chi connectivity index (χ1v) is 9.16. The third kappa shape index (κ3) is 4.28. The number of benzene rings is 1. The Bertz CT molecular complexity index is 927. The third-order valence-electron chi connectivity index (χ3n) is 4.32. The standard InChI is InChI=1S/C18H17BrFN5O3/c1-18(7-4-11-5-8-21-9-6-11)15(26)25(17(28)23-18)24-16(27)22-14-3-2-12(19)10-13(14)20/h2-3,5-6,8-10H,4,7H2,1H3,(H,23,28)(H2,22,24,27)/t18-/m0/s1. The van der Waals surface area contributed by atoms with Crippen LogP contribution < -0.4 is 16.1 Å². The van der Waals surface area contributed by atoms with E-state index in [0.29, 0.717) is 22.3 Å². The fourth-order valence-corrected chi connectivity index (χ4v) is 3.07. The number of aromatic nitrogens is 1. The fourth-order valence-electron chi connectivity index (χ4n) is 2.74. The van der Waals surface area contributed by atoms with Crippen molar-refractivity contribution >= 4 is 39.6 Å². The number of hydrogen-bond donors (Lipinski definition) is 3. The van der Waals surface area contributed by atoms with Crippen LogP contribution in [0.5, 0.6) is 0 Å². The summed E-state index contributed by atoms with van der Waals surface area (Å²) >= 11 is 3.12. The maximum atomic E-state index is 13.8. The van der Waals surface area contributed by atoms with Crippen molar-refractivity contribution in [2.24, 2.45) is 0 Å². The molecule has 0 bridgehead atoms. The van der Waals surface area contributed by atoms with Gasteiger partial charge in [0.1, 0.15) is 11.4 Å². The van der Waals surface area contributed by atoms with Gasteiger partial charge in [-0.3, -0.25) is 9.78 Å². The number of pyridine rings is 1. The second-order valence-corrected chi connectivity index (χ2v) is 7.36. The van der Waals surface area contributed by atoms with Gasteiger partial charge in [-0.05, 0) is 55.7 Å². The van der Waals surface area contributed by atoms with Crippen LogP contribution in [0.25, 0.3) is 0 Å². The van der Waals surface area contributed by atoms with Gasteiger partial charge in [0.05, 0.1) is 5.69 Å². The highest BCUT2D eigenvalue weighted by Gasteiger charge is 2.48. The first-order valence-electron chi connectivity index (χ1n) is 8.37. The lowest BCUT2D eigenvalue weighted by molar-refractivity contribution is -0.132. The second-order valence-electron chi connectivity index (χ2n) is 6.45. The van der Waals surface area contributed by atoms with Gasteiger partial charge < -0.3 is 10.6 Å². The number of rotatable bonds is 5.